The van der Waals surface area contributed by atoms with Crippen LogP contribution in [0.5, 0.6) is 0 Å². The molecule has 0 bridgehead atoms. The van der Waals surface area contributed by atoms with Crippen LogP contribution in [0.4, 0.5) is 0 Å². The first kappa shape index (κ1) is 37.8. The Balaban J connectivity index is 1.84. The van der Waals surface area contributed by atoms with Crippen LogP contribution in [0.3, 0.4) is 0 Å². The molecule has 0 spiro atoms. The zero-order valence-corrected chi connectivity index (χ0v) is 28.0. The van der Waals surface area contributed by atoms with Gasteiger partial charge in [0.2, 0.25) is 11.8 Å². The second kappa shape index (κ2) is 18.6. The van der Waals surface area contributed by atoms with Crippen molar-refractivity contribution in [2.75, 3.05) is 33.4 Å². The van der Waals surface area contributed by atoms with Crippen LogP contribution in [0.25, 0.3) is 0 Å². The number of ether oxygens (including phenoxy) is 2. The van der Waals surface area contributed by atoms with Crippen LogP contribution in [0, 0.1) is 11.8 Å². The Morgan fingerprint density at radius 2 is 1.61 bits per heavy atom. The molecule has 2 amide bonds. The molecular weight excluding hydrogens is 616 g/mol. The number of morpholine rings is 1. The van der Waals surface area contributed by atoms with E-state index in [1.54, 1.807) is 30.3 Å². The van der Waals surface area contributed by atoms with Crippen molar-refractivity contribution in [3.63, 3.8) is 0 Å². The predicted octanol–water partition coefficient (Wildman–Crippen LogP) is 1.04. The Morgan fingerprint density at radius 1 is 0.978 bits per heavy atom. The van der Waals surface area contributed by atoms with Crippen LogP contribution in [0.2, 0.25) is 0 Å². The Hall–Kier alpha value is -2.62. The summed E-state index contributed by atoms with van der Waals surface area (Å²) >= 11 is 0. The average Bonchev–Trinajstić information content (AvgIpc) is 3.04. The third-order valence-corrected chi connectivity index (χ3v) is 10.2. The van der Waals surface area contributed by atoms with Gasteiger partial charge in [-0.25, -0.2) is 0 Å². The molecule has 2 fully saturated rings. The number of nitrogens with zero attached hydrogens (tertiary/aromatic N) is 1. The maximum Gasteiger partial charge on any atom is 0.308 e. The van der Waals surface area contributed by atoms with Gasteiger partial charge in [-0.3, -0.25) is 14.4 Å². The highest BCUT2D eigenvalue weighted by molar-refractivity contribution is 7.87. The molecular formula is C32H52N4O9S. The molecule has 2 aliphatic rings. The van der Waals surface area contributed by atoms with Gasteiger partial charge in [0.05, 0.1) is 38.9 Å². The van der Waals surface area contributed by atoms with E-state index in [2.05, 4.69) is 15.4 Å². The SMILES string of the molecule is COC(=O)CC(NC(=O)[C@H](Cc1ccccc1)NS(=O)(=O)N1CCOCC1)C(=O)N[C@@H](CC1CCCCC1)[C@@H](O)[C@@H](O)CC(C)C. The first-order valence-electron chi connectivity index (χ1n) is 16.3. The van der Waals surface area contributed by atoms with E-state index in [1.165, 1.54) is 4.31 Å². The number of amides is 2. The van der Waals surface area contributed by atoms with Crippen LogP contribution >= 0.6 is 0 Å². The Bertz CT molecular complexity index is 1210. The molecule has 46 heavy (non-hydrogen) atoms. The lowest BCUT2D eigenvalue weighted by Crippen LogP contribution is -2.59. The largest absolute Gasteiger partial charge is 0.469 e. The maximum absolute atomic E-state index is 13.8. The van der Waals surface area contributed by atoms with Crippen molar-refractivity contribution in [3.05, 3.63) is 35.9 Å². The molecule has 5 atom stereocenters. The minimum absolute atomic E-state index is 0.0206. The van der Waals surface area contributed by atoms with Crippen molar-refractivity contribution in [3.8, 4) is 0 Å². The summed E-state index contributed by atoms with van der Waals surface area (Å²) in [6.45, 7) is 4.53. The molecule has 0 radical (unpaired) electrons. The molecule has 0 aromatic heterocycles. The van der Waals surface area contributed by atoms with Crippen LogP contribution in [-0.2, 0) is 40.5 Å². The topological polar surface area (TPSA) is 184 Å². The highest BCUT2D eigenvalue weighted by Gasteiger charge is 2.36. The van der Waals surface area contributed by atoms with Gasteiger partial charge in [-0.1, -0.05) is 76.3 Å². The highest BCUT2D eigenvalue weighted by atomic mass is 32.2. The molecule has 1 saturated heterocycles. The molecule has 1 aromatic rings. The Labute approximate surface area is 273 Å². The smallest absolute Gasteiger partial charge is 0.308 e. The van der Waals surface area contributed by atoms with Gasteiger partial charge in [0.15, 0.2) is 0 Å². The zero-order valence-electron chi connectivity index (χ0n) is 27.2. The number of aliphatic hydroxyl groups excluding tert-OH is 2. The quantitative estimate of drug-likeness (QED) is 0.151. The number of methoxy groups -OCH3 is 1. The van der Waals surface area contributed by atoms with Crippen molar-refractivity contribution in [1.29, 1.82) is 0 Å². The molecule has 5 N–H and O–H groups in total. The fourth-order valence-corrected chi connectivity index (χ4v) is 7.38. The van der Waals surface area contributed by atoms with E-state index in [9.17, 15) is 33.0 Å². The molecule has 13 nitrogen and oxygen atoms in total. The second-order valence-electron chi connectivity index (χ2n) is 12.8. The number of rotatable bonds is 17. The molecule has 14 heteroatoms. The Kier molecular flexibility index (Phi) is 15.3. The number of carbonyl (C=O) groups excluding carboxylic acids is 3. The molecule has 1 aromatic carbocycles. The zero-order chi connectivity index (χ0) is 33.7. The lowest BCUT2D eigenvalue weighted by molar-refractivity contribution is -0.144. The summed E-state index contributed by atoms with van der Waals surface area (Å²) in [7, 11) is -2.95. The number of nitrogens with one attached hydrogen (secondary N) is 3. The van der Waals surface area contributed by atoms with Crippen LogP contribution < -0.4 is 15.4 Å². The number of hydrogen-bond donors (Lipinski definition) is 5. The van der Waals surface area contributed by atoms with Gasteiger partial charge in [-0.05, 0) is 36.7 Å². The van der Waals surface area contributed by atoms with Crippen LogP contribution in [0.15, 0.2) is 30.3 Å². The van der Waals surface area contributed by atoms with Gasteiger partial charge in [-0.15, -0.1) is 0 Å². The van der Waals surface area contributed by atoms with E-state index in [4.69, 9.17) is 9.47 Å². The second-order valence-corrected chi connectivity index (χ2v) is 14.5. The number of benzene rings is 1. The monoisotopic (exact) mass is 668 g/mol. The first-order valence-corrected chi connectivity index (χ1v) is 17.8. The minimum atomic E-state index is -4.11. The predicted molar refractivity (Wildman–Crippen MR) is 172 cm³/mol. The summed E-state index contributed by atoms with van der Waals surface area (Å²) in [5, 5.41) is 27.3. The van der Waals surface area contributed by atoms with Crippen molar-refractivity contribution < 1.29 is 42.5 Å². The molecule has 1 unspecified atom stereocenters. The molecule has 1 aliphatic heterocycles. The summed E-state index contributed by atoms with van der Waals surface area (Å²) in [6, 6.07) is 5.24. The normalized spacial score (nSPS) is 19.9. The molecule has 1 saturated carbocycles. The van der Waals surface area contributed by atoms with Gasteiger partial charge < -0.3 is 30.3 Å². The summed E-state index contributed by atoms with van der Waals surface area (Å²) < 4.78 is 40.2. The van der Waals surface area contributed by atoms with Gasteiger partial charge in [0, 0.05) is 13.1 Å². The summed E-state index contributed by atoms with van der Waals surface area (Å²) in [6.07, 6.45) is 2.93. The molecule has 260 valence electrons. The van der Waals surface area contributed by atoms with Crippen LogP contribution in [-0.4, -0.2) is 104 Å². The first-order chi connectivity index (χ1) is 21.9. The van der Waals surface area contributed by atoms with Crippen molar-refractivity contribution in [2.24, 2.45) is 11.8 Å². The minimum Gasteiger partial charge on any atom is -0.469 e. The molecule has 1 aliphatic carbocycles. The number of hydrogen-bond acceptors (Lipinski definition) is 9. The third-order valence-electron chi connectivity index (χ3n) is 8.59. The maximum atomic E-state index is 13.8. The van der Waals surface area contributed by atoms with E-state index in [0.29, 0.717) is 18.4 Å². The van der Waals surface area contributed by atoms with E-state index in [1.807, 2.05) is 13.8 Å². The van der Waals surface area contributed by atoms with Crippen molar-refractivity contribution in [1.82, 2.24) is 19.7 Å². The van der Waals surface area contributed by atoms with E-state index in [-0.39, 0.29) is 44.6 Å². The standard InChI is InChI=1S/C32H52N4O9S/c1-22(2)18-28(37)30(39)25(19-23-10-6-4-7-11-23)33-31(40)26(21-29(38)44-3)34-32(41)27(20-24-12-8-5-9-13-24)35-46(42,43)36-14-16-45-17-15-36/h5,8-9,12-13,22-23,25-28,30,35,37,39H,4,6-7,10-11,14-21H2,1-3H3,(H,33,40)(H,34,41)/t25-,26?,27-,28-,30+/m0/s1. The lowest BCUT2D eigenvalue weighted by Gasteiger charge is -2.34. The average molecular weight is 669 g/mol. The fourth-order valence-electron chi connectivity index (χ4n) is 6.05. The van der Waals surface area contributed by atoms with Crippen molar-refractivity contribution >= 4 is 28.0 Å². The van der Waals surface area contributed by atoms with E-state index in [0.717, 1.165) is 39.2 Å². The Morgan fingerprint density at radius 3 is 2.22 bits per heavy atom. The third kappa shape index (κ3) is 12.2. The molecule has 3 rings (SSSR count). The number of esters is 1. The summed E-state index contributed by atoms with van der Waals surface area (Å²) in [5.41, 5.74) is 0.677. The summed E-state index contributed by atoms with van der Waals surface area (Å²) in [5.74, 6) is -1.99. The molecule has 1 heterocycles. The van der Waals surface area contributed by atoms with E-state index >= 15 is 0 Å². The summed E-state index contributed by atoms with van der Waals surface area (Å²) in [4.78, 5) is 39.9. The fraction of sp³-hybridized carbons (Fsp3) is 0.719. The lowest BCUT2D eigenvalue weighted by atomic mass is 9.82. The van der Waals surface area contributed by atoms with Crippen molar-refractivity contribution in [2.45, 2.75) is 102 Å². The van der Waals surface area contributed by atoms with Gasteiger partial charge in [0.1, 0.15) is 18.2 Å². The van der Waals surface area contributed by atoms with Crippen LogP contribution in [0.1, 0.15) is 70.8 Å². The highest BCUT2D eigenvalue weighted by Crippen LogP contribution is 2.29. The van der Waals surface area contributed by atoms with Gasteiger partial charge >= 0.3 is 5.97 Å². The van der Waals surface area contributed by atoms with E-state index < -0.39 is 64.7 Å². The number of aliphatic hydroxyl groups is 2. The van der Waals surface area contributed by atoms with Gasteiger partial charge in [-0.2, -0.15) is 17.4 Å². The number of carbonyl (C=O) groups is 3. The van der Waals surface area contributed by atoms with Gasteiger partial charge in [0.25, 0.3) is 10.2 Å².